The number of hydrogen-bond acceptors (Lipinski definition) is 2. The molecule has 4 nitrogen and oxygen atoms in total. The fraction of sp³-hybridized carbons (Fsp3) is 0.235. The third kappa shape index (κ3) is 3.34. The Bertz CT molecular complexity index is 655. The summed E-state index contributed by atoms with van der Waals surface area (Å²) in [6.07, 6.45) is 0.789. The van der Waals surface area contributed by atoms with Crippen LogP contribution in [0.2, 0.25) is 0 Å². The zero-order chi connectivity index (χ0) is 14.7. The van der Waals surface area contributed by atoms with Gasteiger partial charge in [-0.2, -0.15) is 0 Å². The fourth-order valence-corrected chi connectivity index (χ4v) is 2.50. The highest BCUT2D eigenvalue weighted by Crippen LogP contribution is 2.23. The lowest BCUT2D eigenvalue weighted by Crippen LogP contribution is -2.44. The maximum atomic E-state index is 12.0. The number of fused-ring (bicyclic) bond motifs is 1. The molecule has 1 heterocycles. The standard InChI is InChI=1S/C17H18N2O2/c1-12-5-4-7-14(9-12)18-17(20)19-15-10-13-6-2-3-8-16(13)21-11-15/h2-9,15H,10-11H2,1H3,(H2,18,19,20)/t15-/m1/s1. The van der Waals surface area contributed by atoms with E-state index in [9.17, 15) is 4.79 Å². The van der Waals surface area contributed by atoms with Crippen LogP contribution in [0.25, 0.3) is 0 Å². The first kappa shape index (κ1) is 13.5. The molecule has 0 saturated heterocycles. The molecular weight excluding hydrogens is 264 g/mol. The minimum absolute atomic E-state index is 0.00953. The molecule has 0 spiro atoms. The van der Waals surface area contributed by atoms with Gasteiger partial charge < -0.3 is 15.4 Å². The summed E-state index contributed by atoms with van der Waals surface area (Å²) in [5, 5.41) is 5.80. The molecule has 1 aliphatic rings. The van der Waals surface area contributed by atoms with E-state index in [2.05, 4.69) is 10.6 Å². The number of nitrogens with one attached hydrogen (secondary N) is 2. The summed E-state index contributed by atoms with van der Waals surface area (Å²) in [5.41, 5.74) is 3.04. The Morgan fingerprint density at radius 3 is 2.90 bits per heavy atom. The van der Waals surface area contributed by atoms with Crippen molar-refractivity contribution in [3.05, 3.63) is 59.7 Å². The number of carbonyl (C=O) groups excluding carboxylic acids is 1. The normalized spacial score (nSPS) is 16.5. The lowest BCUT2D eigenvalue weighted by molar-refractivity contribution is 0.222. The average Bonchev–Trinajstić information content (AvgIpc) is 2.47. The molecule has 1 atom stereocenters. The summed E-state index contributed by atoms with van der Waals surface area (Å²) in [6, 6.07) is 15.4. The number of amides is 2. The second-order valence-electron chi connectivity index (χ2n) is 5.29. The topological polar surface area (TPSA) is 50.4 Å². The van der Waals surface area contributed by atoms with E-state index >= 15 is 0 Å². The Hall–Kier alpha value is -2.49. The van der Waals surface area contributed by atoms with E-state index in [4.69, 9.17) is 4.74 Å². The van der Waals surface area contributed by atoms with E-state index in [0.29, 0.717) is 6.61 Å². The van der Waals surface area contributed by atoms with Crippen molar-refractivity contribution in [1.29, 1.82) is 0 Å². The highest BCUT2D eigenvalue weighted by atomic mass is 16.5. The van der Waals surface area contributed by atoms with Crippen molar-refractivity contribution in [2.24, 2.45) is 0 Å². The quantitative estimate of drug-likeness (QED) is 0.889. The van der Waals surface area contributed by atoms with Crippen LogP contribution in [0, 0.1) is 6.92 Å². The van der Waals surface area contributed by atoms with Gasteiger partial charge in [-0.05, 0) is 42.7 Å². The molecule has 0 aliphatic carbocycles. The lowest BCUT2D eigenvalue weighted by atomic mass is 10.0. The number of rotatable bonds is 2. The molecule has 0 radical (unpaired) electrons. The summed E-state index contributed by atoms with van der Waals surface area (Å²) >= 11 is 0. The minimum atomic E-state index is -0.200. The van der Waals surface area contributed by atoms with Crippen molar-refractivity contribution in [1.82, 2.24) is 5.32 Å². The van der Waals surface area contributed by atoms with Gasteiger partial charge in [0.25, 0.3) is 0 Å². The zero-order valence-electron chi connectivity index (χ0n) is 11.9. The molecule has 0 fully saturated rings. The van der Waals surface area contributed by atoms with Crippen LogP contribution in [0.5, 0.6) is 5.75 Å². The van der Waals surface area contributed by atoms with Crippen LogP contribution in [-0.4, -0.2) is 18.7 Å². The molecule has 2 N–H and O–H groups in total. The summed E-state index contributed by atoms with van der Waals surface area (Å²) in [4.78, 5) is 12.0. The van der Waals surface area contributed by atoms with Crippen molar-refractivity contribution in [3.63, 3.8) is 0 Å². The van der Waals surface area contributed by atoms with Gasteiger partial charge >= 0.3 is 6.03 Å². The van der Waals surface area contributed by atoms with Gasteiger partial charge in [0.15, 0.2) is 0 Å². The summed E-state index contributed by atoms with van der Waals surface area (Å²) < 4.78 is 5.66. The van der Waals surface area contributed by atoms with E-state index in [-0.39, 0.29) is 12.1 Å². The maximum absolute atomic E-state index is 12.0. The van der Waals surface area contributed by atoms with Crippen molar-refractivity contribution in [2.75, 3.05) is 11.9 Å². The van der Waals surface area contributed by atoms with Gasteiger partial charge in [-0.3, -0.25) is 0 Å². The number of anilines is 1. The van der Waals surface area contributed by atoms with Crippen molar-refractivity contribution >= 4 is 11.7 Å². The molecule has 0 bridgehead atoms. The van der Waals surface area contributed by atoms with Gasteiger partial charge in [0.1, 0.15) is 12.4 Å². The molecule has 2 aromatic rings. The second kappa shape index (κ2) is 5.87. The first-order valence-electron chi connectivity index (χ1n) is 7.05. The summed E-state index contributed by atoms with van der Waals surface area (Å²) in [5.74, 6) is 0.912. The van der Waals surface area contributed by atoms with Crippen molar-refractivity contribution in [2.45, 2.75) is 19.4 Å². The second-order valence-corrected chi connectivity index (χ2v) is 5.29. The molecular formula is C17H18N2O2. The molecule has 0 aromatic heterocycles. The number of ether oxygens (including phenoxy) is 1. The van der Waals surface area contributed by atoms with Crippen molar-refractivity contribution in [3.8, 4) is 5.75 Å². The monoisotopic (exact) mass is 282 g/mol. The maximum Gasteiger partial charge on any atom is 0.319 e. The number of para-hydroxylation sites is 1. The first-order chi connectivity index (χ1) is 10.2. The SMILES string of the molecule is Cc1cccc(NC(=O)N[C@H]2COc3ccccc3C2)c1. The number of carbonyl (C=O) groups is 1. The van der Waals surface area contributed by atoms with Crippen LogP contribution >= 0.6 is 0 Å². The van der Waals surface area contributed by atoms with Gasteiger partial charge in [0.2, 0.25) is 0 Å². The smallest absolute Gasteiger partial charge is 0.319 e. The fourth-order valence-electron chi connectivity index (χ4n) is 2.50. The Kier molecular flexibility index (Phi) is 3.77. The minimum Gasteiger partial charge on any atom is -0.491 e. The van der Waals surface area contributed by atoms with Crippen LogP contribution in [0.1, 0.15) is 11.1 Å². The number of hydrogen-bond donors (Lipinski definition) is 2. The van der Waals surface area contributed by atoms with Gasteiger partial charge in [-0.1, -0.05) is 30.3 Å². The zero-order valence-corrected chi connectivity index (χ0v) is 11.9. The van der Waals surface area contributed by atoms with Crippen LogP contribution in [0.4, 0.5) is 10.5 Å². The van der Waals surface area contributed by atoms with E-state index in [1.165, 1.54) is 0 Å². The highest BCUT2D eigenvalue weighted by molar-refractivity contribution is 5.89. The van der Waals surface area contributed by atoms with E-state index in [1.807, 2.05) is 55.5 Å². The molecule has 0 saturated carbocycles. The first-order valence-corrected chi connectivity index (χ1v) is 7.05. The third-order valence-electron chi connectivity index (χ3n) is 3.49. The molecule has 1 aliphatic heterocycles. The van der Waals surface area contributed by atoms with E-state index in [0.717, 1.165) is 29.0 Å². The lowest BCUT2D eigenvalue weighted by Gasteiger charge is -2.26. The molecule has 0 unspecified atom stereocenters. The highest BCUT2D eigenvalue weighted by Gasteiger charge is 2.20. The molecule has 21 heavy (non-hydrogen) atoms. The van der Waals surface area contributed by atoms with E-state index in [1.54, 1.807) is 0 Å². The Balaban J connectivity index is 1.59. The van der Waals surface area contributed by atoms with Gasteiger partial charge in [-0.25, -0.2) is 4.79 Å². The van der Waals surface area contributed by atoms with Crippen LogP contribution < -0.4 is 15.4 Å². The molecule has 108 valence electrons. The third-order valence-corrected chi connectivity index (χ3v) is 3.49. The molecule has 3 rings (SSSR count). The Morgan fingerprint density at radius 2 is 2.05 bits per heavy atom. The van der Waals surface area contributed by atoms with Gasteiger partial charge in [0, 0.05) is 5.69 Å². The summed E-state index contributed by atoms with van der Waals surface area (Å²) in [6.45, 7) is 2.49. The van der Waals surface area contributed by atoms with E-state index < -0.39 is 0 Å². The largest absolute Gasteiger partial charge is 0.491 e. The number of benzene rings is 2. The van der Waals surface area contributed by atoms with Gasteiger partial charge in [0.05, 0.1) is 6.04 Å². The van der Waals surface area contributed by atoms with Crippen LogP contribution in [0.3, 0.4) is 0 Å². The number of aryl methyl sites for hydroxylation is 1. The predicted molar refractivity (Wildman–Crippen MR) is 82.8 cm³/mol. The van der Waals surface area contributed by atoms with Crippen LogP contribution in [-0.2, 0) is 6.42 Å². The Labute approximate surface area is 124 Å². The molecule has 2 aromatic carbocycles. The van der Waals surface area contributed by atoms with Crippen molar-refractivity contribution < 1.29 is 9.53 Å². The molecule has 4 heteroatoms. The number of urea groups is 1. The molecule has 2 amide bonds. The van der Waals surface area contributed by atoms with Gasteiger partial charge in [-0.15, -0.1) is 0 Å². The predicted octanol–water partition coefficient (Wildman–Crippen LogP) is 3.12. The van der Waals surface area contributed by atoms with Crippen LogP contribution in [0.15, 0.2) is 48.5 Å². The summed E-state index contributed by atoms with van der Waals surface area (Å²) in [7, 11) is 0. The Morgan fingerprint density at radius 1 is 1.19 bits per heavy atom. The average molecular weight is 282 g/mol.